The van der Waals surface area contributed by atoms with Gasteiger partial charge in [-0.1, -0.05) is 36.4 Å². The van der Waals surface area contributed by atoms with E-state index in [2.05, 4.69) is 6.58 Å². The molecular weight excluding hydrogens is 204 g/mol. The minimum Gasteiger partial charge on any atom is -0.464 e. The number of esters is 1. The van der Waals surface area contributed by atoms with Crippen molar-refractivity contribution in [1.82, 2.24) is 0 Å². The number of carbonyl (C=O) groups is 1. The Morgan fingerprint density at radius 1 is 1.50 bits per heavy atom. The van der Waals surface area contributed by atoms with Gasteiger partial charge in [-0.2, -0.15) is 0 Å². The van der Waals surface area contributed by atoms with Crippen LogP contribution in [0.4, 0.5) is 0 Å². The summed E-state index contributed by atoms with van der Waals surface area (Å²) in [6, 6.07) is 8.75. The molecule has 0 bridgehead atoms. The zero-order chi connectivity index (χ0) is 12.0. The van der Waals surface area contributed by atoms with Gasteiger partial charge in [0.1, 0.15) is 0 Å². The van der Waals surface area contributed by atoms with Crippen molar-refractivity contribution in [2.24, 2.45) is 0 Å². The molecule has 3 heteroatoms. The van der Waals surface area contributed by atoms with E-state index in [1.54, 1.807) is 31.2 Å². The Hall–Kier alpha value is -1.61. The minimum absolute atomic E-state index is 0.135. The average Bonchev–Trinajstić information content (AvgIpc) is 2.30. The maximum Gasteiger partial charge on any atom is 0.343 e. The van der Waals surface area contributed by atoms with Crippen molar-refractivity contribution in [3.8, 4) is 0 Å². The molecule has 1 atom stereocenters. The van der Waals surface area contributed by atoms with E-state index in [-0.39, 0.29) is 13.0 Å². The maximum absolute atomic E-state index is 11.7. The number of hydrogen-bond donors (Lipinski definition) is 1. The van der Waals surface area contributed by atoms with Gasteiger partial charge in [0, 0.05) is 6.42 Å². The van der Waals surface area contributed by atoms with Gasteiger partial charge in [0.25, 0.3) is 0 Å². The van der Waals surface area contributed by atoms with Crippen LogP contribution >= 0.6 is 0 Å². The van der Waals surface area contributed by atoms with Crippen molar-refractivity contribution in [3.63, 3.8) is 0 Å². The van der Waals surface area contributed by atoms with Gasteiger partial charge in [-0.3, -0.25) is 0 Å². The molecule has 0 saturated heterocycles. The number of benzene rings is 1. The monoisotopic (exact) mass is 220 g/mol. The highest BCUT2D eigenvalue weighted by Crippen LogP contribution is 2.26. The third-order valence-electron chi connectivity index (χ3n) is 2.30. The van der Waals surface area contributed by atoms with Crippen molar-refractivity contribution < 1.29 is 14.6 Å². The van der Waals surface area contributed by atoms with E-state index in [1.165, 1.54) is 6.08 Å². The summed E-state index contributed by atoms with van der Waals surface area (Å²) in [4.78, 5) is 11.7. The molecule has 1 N–H and O–H groups in total. The zero-order valence-electron chi connectivity index (χ0n) is 9.35. The number of rotatable bonds is 5. The molecule has 0 aliphatic heterocycles. The molecule has 0 heterocycles. The van der Waals surface area contributed by atoms with Gasteiger partial charge in [-0.15, -0.1) is 6.58 Å². The van der Waals surface area contributed by atoms with E-state index in [0.29, 0.717) is 5.56 Å². The molecule has 0 fully saturated rings. The second kappa shape index (κ2) is 5.47. The molecule has 0 aromatic heterocycles. The first-order valence-electron chi connectivity index (χ1n) is 5.21. The van der Waals surface area contributed by atoms with Gasteiger partial charge in [0.05, 0.1) is 6.61 Å². The first-order valence-corrected chi connectivity index (χ1v) is 5.21. The largest absolute Gasteiger partial charge is 0.464 e. The average molecular weight is 220 g/mol. The Labute approximate surface area is 95.4 Å². The van der Waals surface area contributed by atoms with E-state index in [0.717, 1.165) is 0 Å². The van der Waals surface area contributed by atoms with Crippen LogP contribution in [0.5, 0.6) is 0 Å². The molecule has 1 aromatic rings. The van der Waals surface area contributed by atoms with Crippen molar-refractivity contribution >= 4 is 5.97 Å². The highest BCUT2D eigenvalue weighted by molar-refractivity contribution is 5.81. The standard InChI is InChI=1S/C13H16O3/c1-3-10-13(15,12(14)16-4-2)11-8-6-5-7-9-11/h3,5-9,15H,1,4,10H2,2H3. The van der Waals surface area contributed by atoms with Gasteiger partial charge in [-0.25, -0.2) is 4.79 Å². The van der Waals surface area contributed by atoms with Crippen molar-refractivity contribution in [1.29, 1.82) is 0 Å². The Bertz CT molecular complexity index is 359. The third kappa shape index (κ3) is 2.49. The van der Waals surface area contributed by atoms with Gasteiger partial charge in [-0.05, 0) is 12.5 Å². The van der Waals surface area contributed by atoms with E-state index in [4.69, 9.17) is 4.74 Å². The Morgan fingerprint density at radius 2 is 2.12 bits per heavy atom. The summed E-state index contributed by atoms with van der Waals surface area (Å²) >= 11 is 0. The number of hydrogen-bond acceptors (Lipinski definition) is 3. The molecule has 16 heavy (non-hydrogen) atoms. The van der Waals surface area contributed by atoms with Gasteiger partial charge >= 0.3 is 5.97 Å². The molecule has 0 aliphatic carbocycles. The summed E-state index contributed by atoms with van der Waals surface area (Å²) < 4.78 is 4.88. The summed E-state index contributed by atoms with van der Waals surface area (Å²) in [5.41, 5.74) is -1.10. The number of ether oxygens (including phenoxy) is 1. The van der Waals surface area contributed by atoms with Crippen molar-refractivity contribution in [3.05, 3.63) is 48.6 Å². The summed E-state index contributed by atoms with van der Waals surface area (Å²) in [6.07, 6.45) is 1.64. The molecular formula is C13H16O3. The minimum atomic E-state index is -1.63. The number of aliphatic hydroxyl groups is 1. The molecule has 1 rings (SSSR count). The Balaban J connectivity index is 3.05. The first-order chi connectivity index (χ1) is 7.65. The first kappa shape index (κ1) is 12.5. The second-order valence-electron chi connectivity index (χ2n) is 3.44. The van der Waals surface area contributed by atoms with Crippen LogP contribution in [0.3, 0.4) is 0 Å². The molecule has 0 radical (unpaired) electrons. The molecule has 86 valence electrons. The lowest BCUT2D eigenvalue weighted by molar-refractivity contribution is -0.166. The fraction of sp³-hybridized carbons (Fsp3) is 0.308. The molecule has 0 aliphatic rings. The van der Waals surface area contributed by atoms with Gasteiger partial charge in [0.15, 0.2) is 5.60 Å². The summed E-state index contributed by atoms with van der Waals surface area (Å²) in [5, 5.41) is 10.3. The molecule has 1 aromatic carbocycles. The van der Waals surface area contributed by atoms with E-state index < -0.39 is 11.6 Å². The van der Waals surface area contributed by atoms with Gasteiger partial charge < -0.3 is 9.84 Å². The van der Waals surface area contributed by atoms with Crippen LogP contribution in [-0.4, -0.2) is 17.7 Å². The third-order valence-corrected chi connectivity index (χ3v) is 2.30. The summed E-state index contributed by atoms with van der Waals surface area (Å²) in [5.74, 6) is -0.638. The number of carbonyl (C=O) groups excluding carboxylic acids is 1. The predicted octanol–water partition coefficient (Wildman–Crippen LogP) is 2.01. The maximum atomic E-state index is 11.7. The fourth-order valence-electron chi connectivity index (χ4n) is 1.49. The normalized spacial score (nSPS) is 13.9. The van der Waals surface area contributed by atoms with E-state index in [1.807, 2.05) is 6.07 Å². The van der Waals surface area contributed by atoms with Crippen molar-refractivity contribution in [2.45, 2.75) is 18.9 Å². The summed E-state index contributed by atoms with van der Waals surface area (Å²) in [7, 11) is 0. The highest BCUT2D eigenvalue weighted by atomic mass is 16.5. The summed E-state index contributed by atoms with van der Waals surface area (Å²) in [6.45, 7) is 5.49. The lowest BCUT2D eigenvalue weighted by Gasteiger charge is -2.24. The van der Waals surface area contributed by atoms with Crippen LogP contribution in [0.1, 0.15) is 18.9 Å². The van der Waals surface area contributed by atoms with Crippen LogP contribution in [0.25, 0.3) is 0 Å². The van der Waals surface area contributed by atoms with Crippen LogP contribution in [0, 0.1) is 0 Å². The molecule has 0 spiro atoms. The smallest absolute Gasteiger partial charge is 0.343 e. The van der Waals surface area contributed by atoms with Crippen LogP contribution in [-0.2, 0) is 15.1 Å². The predicted molar refractivity (Wildman–Crippen MR) is 61.8 cm³/mol. The molecule has 3 nitrogen and oxygen atoms in total. The van der Waals surface area contributed by atoms with Crippen LogP contribution in [0.15, 0.2) is 43.0 Å². The fourth-order valence-corrected chi connectivity index (χ4v) is 1.49. The topological polar surface area (TPSA) is 46.5 Å². The second-order valence-corrected chi connectivity index (χ2v) is 3.44. The van der Waals surface area contributed by atoms with E-state index >= 15 is 0 Å². The Kier molecular flexibility index (Phi) is 4.26. The zero-order valence-corrected chi connectivity index (χ0v) is 9.35. The molecule has 0 amide bonds. The van der Waals surface area contributed by atoms with Crippen molar-refractivity contribution in [2.75, 3.05) is 6.61 Å². The molecule has 1 unspecified atom stereocenters. The van der Waals surface area contributed by atoms with Crippen LogP contribution < -0.4 is 0 Å². The lowest BCUT2D eigenvalue weighted by Crippen LogP contribution is -2.36. The van der Waals surface area contributed by atoms with Gasteiger partial charge in [0.2, 0.25) is 0 Å². The molecule has 0 saturated carbocycles. The highest BCUT2D eigenvalue weighted by Gasteiger charge is 2.38. The SMILES string of the molecule is C=CCC(O)(C(=O)OCC)c1ccccc1. The van der Waals surface area contributed by atoms with E-state index in [9.17, 15) is 9.90 Å². The Morgan fingerprint density at radius 3 is 2.62 bits per heavy atom. The lowest BCUT2D eigenvalue weighted by atomic mass is 9.90. The van der Waals surface area contributed by atoms with Crippen LogP contribution in [0.2, 0.25) is 0 Å². The quantitative estimate of drug-likeness (QED) is 0.610.